The smallest absolute Gasteiger partial charge is 0.282 e. The third kappa shape index (κ3) is 3.62. The summed E-state index contributed by atoms with van der Waals surface area (Å²) in [7, 11) is -14.5. The van der Waals surface area contributed by atoms with Gasteiger partial charge < -0.3 is 0 Å². The fraction of sp³-hybridized carbons (Fsp3) is 0.273. The van der Waals surface area contributed by atoms with Crippen LogP contribution >= 0.6 is 0 Å². The molecule has 3 N–H and O–H groups in total. The van der Waals surface area contributed by atoms with E-state index in [0.717, 1.165) is 12.2 Å². The van der Waals surface area contributed by atoms with Crippen LogP contribution in [0.1, 0.15) is 6.92 Å². The highest BCUT2D eigenvalue weighted by Gasteiger charge is 2.41. The van der Waals surface area contributed by atoms with Crippen LogP contribution in [0.15, 0.2) is 44.6 Å². The minimum absolute atomic E-state index is 0.289. The van der Waals surface area contributed by atoms with E-state index in [0.29, 0.717) is 6.08 Å². The van der Waals surface area contributed by atoms with Gasteiger partial charge in [0.2, 0.25) is 0 Å². The molecule has 2 unspecified atom stereocenters. The first-order chi connectivity index (χ1) is 10.2. The van der Waals surface area contributed by atoms with Crippen LogP contribution in [0.3, 0.4) is 0 Å². The summed E-state index contributed by atoms with van der Waals surface area (Å²) in [5, 5.41) is 0. The van der Waals surface area contributed by atoms with Crippen LogP contribution in [0, 0.1) is 11.8 Å². The van der Waals surface area contributed by atoms with Gasteiger partial charge in [-0.25, -0.2) is 0 Å². The lowest BCUT2D eigenvalue weighted by atomic mass is 9.82. The predicted molar refractivity (Wildman–Crippen MR) is 79.6 cm³/mol. The molecule has 0 radical (unpaired) electrons. The molecule has 0 heterocycles. The molecule has 2 rings (SSSR count). The van der Waals surface area contributed by atoms with Crippen LogP contribution in [-0.4, -0.2) is 38.9 Å². The summed E-state index contributed by atoms with van der Waals surface area (Å²) in [4.78, 5) is -2.34. The van der Waals surface area contributed by atoms with Crippen molar-refractivity contribution in [2.24, 2.45) is 11.8 Å². The summed E-state index contributed by atoms with van der Waals surface area (Å²) >= 11 is 0. The summed E-state index contributed by atoms with van der Waals surface area (Å²) in [6, 6.07) is 0. The van der Waals surface area contributed by atoms with Gasteiger partial charge in [0.1, 0.15) is 0 Å². The first-order valence-electron chi connectivity index (χ1n) is 5.97. The highest BCUT2D eigenvalue weighted by atomic mass is 32.2. The van der Waals surface area contributed by atoms with Gasteiger partial charge in [-0.1, -0.05) is 17.7 Å². The quantitative estimate of drug-likeness (QED) is 0.588. The maximum atomic E-state index is 11.5. The Morgan fingerprint density at radius 3 is 1.61 bits per heavy atom. The molecule has 12 heteroatoms. The molecule has 0 aromatic carbocycles. The number of fused-ring (bicyclic) bond motifs is 1. The predicted octanol–water partition coefficient (Wildman–Crippen LogP) is 0.507. The maximum Gasteiger partial charge on any atom is 0.294 e. The van der Waals surface area contributed by atoms with Gasteiger partial charge in [-0.3, -0.25) is 13.7 Å². The Labute approximate surface area is 133 Å². The average molecular weight is 384 g/mol. The highest BCUT2D eigenvalue weighted by molar-refractivity contribution is 7.91. The lowest BCUT2D eigenvalue weighted by Gasteiger charge is -2.31. The number of hydrogen-bond acceptors (Lipinski definition) is 6. The molecule has 0 spiro atoms. The van der Waals surface area contributed by atoms with Crippen LogP contribution in [-0.2, 0) is 30.4 Å². The van der Waals surface area contributed by atoms with E-state index in [2.05, 4.69) is 0 Å². The molecule has 0 aromatic heterocycles. The van der Waals surface area contributed by atoms with Gasteiger partial charge in [0.15, 0.2) is 0 Å². The second-order valence-corrected chi connectivity index (χ2v) is 9.31. The summed E-state index contributed by atoms with van der Waals surface area (Å²) in [6.07, 6.45) is 3.69. The van der Waals surface area contributed by atoms with Crippen LogP contribution < -0.4 is 0 Å². The van der Waals surface area contributed by atoms with Gasteiger partial charge in [0.05, 0.1) is 14.7 Å². The molecule has 0 aliphatic heterocycles. The second-order valence-electron chi connectivity index (χ2n) is 5.05. The summed E-state index contributed by atoms with van der Waals surface area (Å²) in [5.41, 5.74) is 0.289. The maximum absolute atomic E-state index is 11.5. The Morgan fingerprint density at radius 1 is 0.739 bits per heavy atom. The molecule has 0 fully saturated rings. The second kappa shape index (κ2) is 5.36. The third-order valence-electron chi connectivity index (χ3n) is 3.38. The van der Waals surface area contributed by atoms with Crippen molar-refractivity contribution >= 4 is 30.4 Å². The van der Waals surface area contributed by atoms with Crippen LogP contribution in [0.4, 0.5) is 0 Å². The number of hydrogen-bond donors (Lipinski definition) is 3. The zero-order valence-corrected chi connectivity index (χ0v) is 13.9. The van der Waals surface area contributed by atoms with E-state index in [1.807, 2.05) is 0 Å². The summed E-state index contributed by atoms with van der Waals surface area (Å²) in [6.45, 7) is 1.44. The van der Waals surface area contributed by atoms with Gasteiger partial charge >= 0.3 is 0 Å². The van der Waals surface area contributed by atoms with E-state index in [4.69, 9.17) is 4.55 Å². The molecular formula is C11H12O9S3. The van der Waals surface area contributed by atoms with Crippen molar-refractivity contribution in [2.75, 3.05) is 0 Å². The van der Waals surface area contributed by atoms with E-state index in [-0.39, 0.29) is 5.57 Å². The van der Waals surface area contributed by atoms with Gasteiger partial charge in [-0.05, 0) is 19.1 Å². The molecule has 2 aliphatic carbocycles. The Bertz CT molecular complexity index is 989. The van der Waals surface area contributed by atoms with Crippen LogP contribution in [0.25, 0.3) is 0 Å². The zero-order chi connectivity index (χ0) is 17.8. The largest absolute Gasteiger partial charge is 0.294 e. The number of allylic oxidation sites excluding steroid dienone is 7. The van der Waals surface area contributed by atoms with Crippen LogP contribution in [0.5, 0.6) is 0 Å². The Hall–Kier alpha value is -1.31. The Balaban J connectivity index is 2.81. The van der Waals surface area contributed by atoms with Crippen molar-refractivity contribution in [1.29, 1.82) is 0 Å². The minimum Gasteiger partial charge on any atom is -0.282 e. The average Bonchev–Trinajstić information content (AvgIpc) is 2.32. The molecule has 0 amide bonds. The molecule has 128 valence electrons. The summed E-state index contributed by atoms with van der Waals surface area (Å²) in [5.74, 6) is -2.65. The topological polar surface area (TPSA) is 163 Å². The van der Waals surface area contributed by atoms with E-state index in [1.54, 1.807) is 0 Å². The molecule has 0 aromatic rings. The zero-order valence-electron chi connectivity index (χ0n) is 11.5. The van der Waals surface area contributed by atoms with Crippen molar-refractivity contribution in [3.8, 4) is 0 Å². The van der Waals surface area contributed by atoms with E-state index in [1.165, 1.54) is 13.0 Å². The van der Waals surface area contributed by atoms with Crippen molar-refractivity contribution < 1.29 is 38.9 Å². The van der Waals surface area contributed by atoms with Gasteiger partial charge in [0.25, 0.3) is 30.4 Å². The highest BCUT2D eigenvalue weighted by Crippen LogP contribution is 2.43. The third-order valence-corrected chi connectivity index (χ3v) is 6.20. The van der Waals surface area contributed by atoms with Crippen molar-refractivity contribution in [3.63, 3.8) is 0 Å². The normalized spacial score (nSPS) is 25.7. The molecule has 9 nitrogen and oxygen atoms in total. The molecule has 0 saturated carbocycles. The number of rotatable bonds is 3. The lowest BCUT2D eigenvalue weighted by Crippen LogP contribution is -2.29. The first-order valence-corrected chi connectivity index (χ1v) is 10.3. The minimum atomic E-state index is -4.89. The lowest BCUT2D eigenvalue weighted by molar-refractivity contribution is 0.465. The fourth-order valence-corrected chi connectivity index (χ4v) is 4.89. The Morgan fingerprint density at radius 2 is 1.17 bits per heavy atom. The van der Waals surface area contributed by atoms with Gasteiger partial charge in [-0.15, -0.1) is 0 Å². The summed E-state index contributed by atoms with van der Waals surface area (Å²) < 4.78 is 96.2. The van der Waals surface area contributed by atoms with Crippen LogP contribution in [0.2, 0.25) is 0 Å². The van der Waals surface area contributed by atoms with Crippen molar-refractivity contribution in [2.45, 2.75) is 6.92 Å². The van der Waals surface area contributed by atoms with E-state index >= 15 is 0 Å². The SMILES string of the molecule is CC1=CC2C(S(=O)(=O)O)=CC(S(=O)(=O)O)=CC2C(S(=O)(=O)O)=C1. The van der Waals surface area contributed by atoms with E-state index in [9.17, 15) is 34.4 Å². The molecule has 0 bridgehead atoms. The molecular weight excluding hydrogens is 372 g/mol. The monoisotopic (exact) mass is 384 g/mol. The van der Waals surface area contributed by atoms with Gasteiger partial charge in [-0.2, -0.15) is 25.3 Å². The van der Waals surface area contributed by atoms with Gasteiger partial charge in [0, 0.05) is 11.8 Å². The molecule has 23 heavy (non-hydrogen) atoms. The van der Waals surface area contributed by atoms with Crippen molar-refractivity contribution in [1.82, 2.24) is 0 Å². The van der Waals surface area contributed by atoms with Crippen molar-refractivity contribution in [3.05, 3.63) is 44.6 Å². The van der Waals surface area contributed by atoms with E-state index < -0.39 is 56.9 Å². The molecule has 2 aliphatic rings. The first kappa shape index (κ1) is 18.0. The standard InChI is InChI=1S/C11H12O9S3/c1-6-2-8-9(10(3-6)22(15,16)17)4-7(21(12,13)14)5-11(8)23(18,19)20/h2-5,8-9H,1H3,(H,12,13,14)(H,15,16,17)(H,18,19,20). The Kier molecular flexibility index (Phi) is 4.20. The molecule has 0 saturated heterocycles. The molecule has 2 atom stereocenters. The fourth-order valence-electron chi connectivity index (χ4n) is 2.49.